The van der Waals surface area contributed by atoms with Gasteiger partial charge in [-0.3, -0.25) is 0 Å². The van der Waals surface area contributed by atoms with Crippen LogP contribution in [-0.2, 0) is 11.8 Å². The normalized spacial score (nSPS) is 13.4. The molecule has 7 aromatic carbocycles. The highest BCUT2D eigenvalue weighted by molar-refractivity contribution is 6.11. The molecular weight excluding hydrogens is 567 g/mol. The summed E-state index contributed by atoms with van der Waals surface area (Å²) in [5.74, 6) is 0. The van der Waals surface area contributed by atoms with Crippen molar-refractivity contribution in [3.05, 3.63) is 186 Å². The summed E-state index contributed by atoms with van der Waals surface area (Å²) in [6.07, 6.45) is 0.937. The summed E-state index contributed by atoms with van der Waals surface area (Å²) in [5, 5.41) is 2.62. The highest BCUT2D eigenvalue weighted by atomic mass is 15.0. The maximum absolute atomic E-state index is 2.52. The van der Waals surface area contributed by atoms with Gasteiger partial charge in [-0.25, -0.2) is 0 Å². The van der Waals surface area contributed by atoms with Gasteiger partial charge in [0, 0.05) is 28.3 Å². The van der Waals surface area contributed by atoms with Crippen molar-refractivity contribution < 1.29 is 0 Å². The molecule has 1 aliphatic rings. The van der Waals surface area contributed by atoms with Crippen LogP contribution in [-0.4, -0.2) is 4.57 Å². The van der Waals surface area contributed by atoms with Crippen LogP contribution >= 0.6 is 0 Å². The first-order valence-electron chi connectivity index (χ1n) is 16.6. The highest BCUT2D eigenvalue weighted by Gasteiger charge is 2.34. The van der Waals surface area contributed by atoms with Crippen molar-refractivity contribution in [1.29, 1.82) is 0 Å². The standard InChI is InChI=1S/C46H35N/c1-46(2)42-23-8-6-15-37(42)30-41-43(46)26-25-40-39-22-7-9-24-44(39)47(45(40)41)38-21-12-20-36(29-38)35-19-11-18-34(28-35)33-17-10-16-32(27-33)31-13-4-3-5-14-31/h3-29H,30H2,1-2H3. The first-order chi connectivity index (χ1) is 23.1. The van der Waals surface area contributed by atoms with E-state index >= 15 is 0 Å². The molecule has 0 unspecified atom stereocenters. The van der Waals surface area contributed by atoms with Crippen LogP contribution in [0.5, 0.6) is 0 Å². The van der Waals surface area contributed by atoms with Crippen LogP contribution in [0.4, 0.5) is 0 Å². The summed E-state index contributed by atoms with van der Waals surface area (Å²) in [5.41, 5.74) is 16.8. The number of benzene rings is 7. The van der Waals surface area contributed by atoms with Gasteiger partial charge in [0.1, 0.15) is 0 Å². The fourth-order valence-electron chi connectivity index (χ4n) is 7.99. The Hall–Kier alpha value is -5.66. The second kappa shape index (κ2) is 10.7. The van der Waals surface area contributed by atoms with Crippen LogP contribution in [0.15, 0.2) is 164 Å². The van der Waals surface area contributed by atoms with E-state index in [1.165, 1.54) is 83.1 Å². The number of aromatic nitrogens is 1. The van der Waals surface area contributed by atoms with E-state index in [4.69, 9.17) is 0 Å². The van der Waals surface area contributed by atoms with Crippen LogP contribution in [0.25, 0.3) is 60.9 Å². The lowest BCUT2D eigenvalue weighted by molar-refractivity contribution is 0.612. The Labute approximate surface area is 276 Å². The van der Waals surface area contributed by atoms with Crippen LogP contribution < -0.4 is 0 Å². The van der Waals surface area contributed by atoms with Gasteiger partial charge in [-0.15, -0.1) is 0 Å². The topological polar surface area (TPSA) is 4.93 Å². The highest BCUT2D eigenvalue weighted by Crippen LogP contribution is 2.46. The molecule has 0 radical (unpaired) electrons. The number of para-hydroxylation sites is 1. The molecule has 0 aliphatic heterocycles. The van der Waals surface area contributed by atoms with Gasteiger partial charge >= 0.3 is 0 Å². The van der Waals surface area contributed by atoms with Crippen LogP contribution in [0.3, 0.4) is 0 Å². The summed E-state index contributed by atoms with van der Waals surface area (Å²) < 4.78 is 2.52. The first-order valence-corrected chi connectivity index (χ1v) is 16.6. The fourth-order valence-corrected chi connectivity index (χ4v) is 7.99. The van der Waals surface area contributed by atoms with E-state index in [9.17, 15) is 0 Å². The summed E-state index contributed by atoms with van der Waals surface area (Å²) in [6, 6.07) is 60.2. The summed E-state index contributed by atoms with van der Waals surface area (Å²) in [4.78, 5) is 0. The van der Waals surface area contributed by atoms with E-state index in [2.05, 4.69) is 182 Å². The summed E-state index contributed by atoms with van der Waals surface area (Å²) in [6.45, 7) is 4.76. The van der Waals surface area contributed by atoms with E-state index in [0.717, 1.165) is 6.42 Å². The predicted octanol–water partition coefficient (Wildman–Crippen LogP) is 12.0. The van der Waals surface area contributed by atoms with Gasteiger partial charge in [-0.2, -0.15) is 0 Å². The molecule has 224 valence electrons. The van der Waals surface area contributed by atoms with Crippen molar-refractivity contribution in [1.82, 2.24) is 4.57 Å². The SMILES string of the molecule is CC1(C)c2ccccc2Cc2c1ccc1c3ccccc3n(-c3cccc(-c4cccc(-c5cccc(-c6ccccc6)c5)c4)c3)c21. The minimum absolute atomic E-state index is 0.0697. The number of fused-ring (bicyclic) bond motifs is 6. The van der Waals surface area contributed by atoms with Gasteiger partial charge in [0.15, 0.2) is 0 Å². The van der Waals surface area contributed by atoms with Crippen molar-refractivity contribution in [3.63, 3.8) is 0 Å². The smallest absolute Gasteiger partial charge is 0.0579 e. The Morgan fingerprint density at radius 1 is 0.447 bits per heavy atom. The van der Waals surface area contributed by atoms with Gasteiger partial charge in [-0.1, -0.05) is 147 Å². The Kier molecular flexibility index (Phi) is 6.30. The minimum atomic E-state index is -0.0697. The summed E-state index contributed by atoms with van der Waals surface area (Å²) in [7, 11) is 0. The molecule has 0 bridgehead atoms. The molecule has 1 heterocycles. The number of nitrogens with zero attached hydrogens (tertiary/aromatic N) is 1. The molecule has 0 amide bonds. The van der Waals surface area contributed by atoms with Crippen molar-refractivity contribution >= 4 is 21.8 Å². The van der Waals surface area contributed by atoms with Crippen molar-refractivity contribution in [2.24, 2.45) is 0 Å². The third kappa shape index (κ3) is 4.46. The molecule has 9 rings (SSSR count). The van der Waals surface area contributed by atoms with E-state index in [1.54, 1.807) is 0 Å². The van der Waals surface area contributed by atoms with Crippen LogP contribution in [0, 0.1) is 0 Å². The lowest BCUT2D eigenvalue weighted by Crippen LogP contribution is -2.27. The maximum atomic E-state index is 2.52. The van der Waals surface area contributed by atoms with E-state index in [1.807, 2.05) is 0 Å². The number of hydrogen-bond donors (Lipinski definition) is 0. The van der Waals surface area contributed by atoms with Gasteiger partial charge in [0.05, 0.1) is 11.0 Å². The molecule has 0 fully saturated rings. The Morgan fingerprint density at radius 3 is 1.77 bits per heavy atom. The zero-order valence-corrected chi connectivity index (χ0v) is 26.7. The second-order valence-electron chi connectivity index (χ2n) is 13.4. The molecule has 1 aromatic heterocycles. The lowest BCUT2D eigenvalue weighted by Gasteiger charge is -2.35. The predicted molar refractivity (Wildman–Crippen MR) is 198 cm³/mol. The molecule has 0 atom stereocenters. The molecule has 0 N–H and O–H groups in total. The summed E-state index contributed by atoms with van der Waals surface area (Å²) >= 11 is 0. The molecule has 47 heavy (non-hydrogen) atoms. The van der Waals surface area contributed by atoms with Gasteiger partial charge in [-0.05, 0) is 86.0 Å². The molecule has 1 aliphatic carbocycles. The lowest BCUT2D eigenvalue weighted by atomic mass is 9.68. The van der Waals surface area contributed by atoms with Gasteiger partial charge in [0.25, 0.3) is 0 Å². The average Bonchev–Trinajstić information content (AvgIpc) is 3.47. The largest absolute Gasteiger partial charge is 0.309 e. The Bertz CT molecular complexity index is 2460. The van der Waals surface area contributed by atoms with Crippen LogP contribution in [0.2, 0.25) is 0 Å². The molecule has 0 saturated heterocycles. The second-order valence-corrected chi connectivity index (χ2v) is 13.4. The average molecular weight is 602 g/mol. The zero-order chi connectivity index (χ0) is 31.5. The molecule has 0 saturated carbocycles. The van der Waals surface area contributed by atoms with E-state index < -0.39 is 0 Å². The Morgan fingerprint density at radius 2 is 1.02 bits per heavy atom. The monoisotopic (exact) mass is 601 g/mol. The molecule has 1 heteroatoms. The van der Waals surface area contributed by atoms with Crippen molar-refractivity contribution in [2.45, 2.75) is 25.7 Å². The van der Waals surface area contributed by atoms with Gasteiger partial charge < -0.3 is 4.57 Å². The van der Waals surface area contributed by atoms with E-state index in [-0.39, 0.29) is 5.41 Å². The van der Waals surface area contributed by atoms with Crippen LogP contribution in [0.1, 0.15) is 36.1 Å². The van der Waals surface area contributed by atoms with Crippen molar-refractivity contribution in [2.75, 3.05) is 0 Å². The maximum Gasteiger partial charge on any atom is 0.0579 e. The molecule has 1 nitrogen and oxygen atoms in total. The van der Waals surface area contributed by atoms with E-state index in [0.29, 0.717) is 0 Å². The first kappa shape index (κ1) is 27.6. The Balaban J connectivity index is 1.20. The molecule has 8 aromatic rings. The minimum Gasteiger partial charge on any atom is -0.309 e. The molecule has 0 spiro atoms. The number of hydrogen-bond acceptors (Lipinski definition) is 0. The van der Waals surface area contributed by atoms with Gasteiger partial charge in [0.2, 0.25) is 0 Å². The fraction of sp³-hybridized carbons (Fsp3) is 0.0870. The number of rotatable bonds is 4. The quantitative estimate of drug-likeness (QED) is 0.189. The van der Waals surface area contributed by atoms with Crippen molar-refractivity contribution in [3.8, 4) is 39.1 Å². The molecular formula is C46H35N. The third-order valence-electron chi connectivity index (χ3n) is 10.3. The third-order valence-corrected chi connectivity index (χ3v) is 10.3. The zero-order valence-electron chi connectivity index (χ0n) is 26.7.